The molecule has 190 valence electrons. The van der Waals surface area contributed by atoms with Crippen LogP contribution >= 0.6 is 11.9 Å². The van der Waals surface area contributed by atoms with Gasteiger partial charge < -0.3 is 20.9 Å². The van der Waals surface area contributed by atoms with E-state index in [1.54, 1.807) is 54.6 Å². The maximum absolute atomic E-state index is 12.6. The number of aromatic hydroxyl groups is 2. The first kappa shape index (κ1) is 24.9. The van der Waals surface area contributed by atoms with Crippen molar-refractivity contribution in [2.24, 2.45) is 5.73 Å². The smallest absolute Gasteiger partial charge is 0.230 e. The molecule has 38 heavy (non-hydrogen) atoms. The molecule has 0 unspecified atom stereocenters. The summed E-state index contributed by atoms with van der Waals surface area (Å²) in [5.74, 6) is 0.143. The van der Waals surface area contributed by atoms with E-state index < -0.39 is 0 Å². The summed E-state index contributed by atoms with van der Waals surface area (Å²) in [4.78, 5) is 21.0. The number of fused-ring (bicyclic) bond motifs is 1. The monoisotopic (exact) mass is 523 g/mol. The molecule has 0 radical (unpaired) electrons. The first-order valence-electron chi connectivity index (χ1n) is 11.9. The Labute approximate surface area is 223 Å². The number of aromatic amines is 1. The van der Waals surface area contributed by atoms with Gasteiger partial charge >= 0.3 is 0 Å². The van der Waals surface area contributed by atoms with Crippen molar-refractivity contribution in [2.75, 3.05) is 0 Å². The highest BCUT2D eigenvalue weighted by Crippen LogP contribution is 2.43. The third kappa shape index (κ3) is 5.33. The Morgan fingerprint density at radius 1 is 0.947 bits per heavy atom. The Bertz CT molecular complexity index is 1650. The zero-order valence-electron chi connectivity index (χ0n) is 20.2. The molecular formula is C29H25N5O3S. The highest BCUT2D eigenvalue weighted by atomic mass is 32.2. The summed E-state index contributed by atoms with van der Waals surface area (Å²) in [6.45, 7) is 0. The number of aryl methyl sites for hydroxylation is 1. The van der Waals surface area contributed by atoms with Crippen LogP contribution in [-0.2, 0) is 11.2 Å². The van der Waals surface area contributed by atoms with Crippen LogP contribution in [0.15, 0.2) is 89.8 Å². The molecular weight excluding hydrogens is 498 g/mol. The van der Waals surface area contributed by atoms with E-state index in [0.717, 1.165) is 17.5 Å². The van der Waals surface area contributed by atoms with E-state index in [1.165, 1.54) is 0 Å². The fourth-order valence-electron chi connectivity index (χ4n) is 4.12. The first-order chi connectivity index (χ1) is 18.4. The van der Waals surface area contributed by atoms with Crippen molar-refractivity contribution >= 4 is 34.7 Å². The summed E-state index contributed by atoms with van der Waals surface area (Å²) >= 11 is 1.13. The molecule has 0 saturated heterocycles. The van der Waals surface area contributed by atoms with Gasteiger partial charge in [-0.15, -0.1) is 0 Å². The predicted octanol–water partition coefficient (Wildman–Crippen LogP) is 5.35. The van der Waals surface area contributed by atoms with Gasteiger partial charge in [0.05, 0.1) is 16.6 Å². The summed E-state index contributed by atoms with van der Waals surface area (Å²) in [7, 11) is 0. The third-order valence-electron chi connectivity index (χ3n) is 6.09. The average Bonchev–Trinajstić information content (AvgIpc) is 3.35. The predicted molar refractivity (Wildman–Crippen MR) is 150 cm³/mol. The van der Waals surface area contributed by atoms with Crippen LogP contribution in [-0.4, -0.2) is 31.9 Å². The molecule has 4 aromatic carbocycles. The van der Waals surface area contributed by atoms with Gasteiger partial charge in [-0.1, -0.05) is 48.5 Å². The molecule has 5 rings (SSSR count). The number of phenols is 2. The van der Waals surface area contributed by atoms with Gasteiger partial charge in [-0.05, 0) is 60.3 Å². The second kappa shape index (κ2) is 10.7. The molecule has 1 amide bonds. The number of amides is 1. The Kier molecular flexibility index (Phi) is 7.01. The van der Waals surface area contributed by atoms with Gasteiger partial charge in [0.1, 0.15) is 23.2 Å². The van der Waals surface area contributed by atoms with E-state index in [1.807, 2.05) is 30.3 Å². The number of nitrogens with zero attached hydrogens (tertiary/aromatic N) is 1. The second-order valence-electron chi connectivity index (χ2n) is 8.73. The van der Waals surface area contributed by atoms with Crippen molar-refractivity contribution in [3.8, 4) is 34.0 Å². The number of amidine groups is 1. The summed E-state index contributed by atoms with van der Waals surface area (Å²) in [5, 5.41) is 29.5. The van der Waals surface area contributed by atoms with Gasteiger partial charge in [0.2, 0.25) is 5.91 Å². The lowest BCUT2D eigenvalue weighted by atomic mass is 10.00. The number of H-pyrrole nitrogens is 1. The molecule has 5 aromatic rings. The lowest BCUT2D eigenvalue weighted by Gasteiger charge is -2.13. The first-order valence-corrected chi connectivity index (χ1v) is 12.7. The number of hydrogen-bond donors (Lipinski definition) is 6. The van der Waals surface area contributed by atoms with Crippen LogP contribution in [0.4, 0.5) is 0 Å². The lowest BCUT2D eigenvalue weighted by Crippen LogP contribution is -2.16. The number of nitrogens with one attached hydrogen (secondary N) is 3. The minimum atomic E-state index is -0.127. The fraction of sp³-hybridized carbons (Fsp3) is 0.0690. The third-order valence-corrected chi connectivity index (χ3v) is 6.89. The standard InChI is InChI=1S/C29H25N5O3S/c30-28(31)18-11-12-23-24(14-18)33-29(32-23)22-16-19(15-21(27(22)37)20-8-4-5-9-25(20)35)38-34-26(36)13-10-17-6-2-1-3-7-17/h1-9,11-12,14-16,35,37H,10,13H2,(H3,30,31)(H,32,33)(H,34,36). The topological polar surface area (TPSA) is 148 Å². The van der Waals surface area contributed by atoms with Gasteiger partial charge in [-0.25, -0.2) is 4.98 Å². The highest BCUT2D eigenvalue weighted by Gasteiger charge is 2.19. The number of carbonyl (C=O) groups is 1. The number of nitrogens with two attached hydrogens (primary N) is 1. The van der Waals surface area contributed by atoms with Gasteiger partial charge in [0.25, 0.3) is 0 Å². The molecule has 9 heteroatoms. The zero-order valence-corrected chi connectivity index (χ0v) is 21.0. The van der Waals surface area contributed by atoms with Crippen LogP contribution < -0.4 is 10.5 Å². The number of rotatable bonds is 8. The van der Waals surface area contributed by atoms with Crippen LogP contribution in [0.3, 0.4) is 0 Å². The Hall–Kier alpha value is -4.76. The van der Waals surface area contributed by atoms with Crippen molar-refractivity contribution in [3.05, 3.63) is 96.1 Å². The number of aromatic nitrogens is 2. The van der Waals surface area contributed by atoms with E-state index in [9.17, 15) is 15.0 Å². The number of nitrogen functional groups attached to an aromatic ring is 1. The molecule has 0 aliphatic rings. The van der Waals surface area contributed by atoms with E-state index >= 15 is 0 Å². The molecule has 0 aliphatic carbocycles. The Balaban J connectivity index is 1.48. The molecule has 0 spiro atoms. The van der Waals surface area contributed by atoms with Crippen LogP contribution in [0, 0.1) is 5.41 Å². The summed E-state index contributed by atoms with van der Waals surface area (Å²) < 4.78 is 2.87. The summed E-state index contributed by atoms with van der Waals surface area (Å²) in [5.41, 5.74) is 9.77. The SMILES string of the molecule is N=C(N)c1ccc2[nH]c(-c3cc(SNC(=O)CCc4ccccc4)cc(-c4ccccc4O)c3O)nc2c1. The highest BCUT2D eigenvalue weighted by molar-refractivity contribution is 7.98. The van der Waals surface area contributed by atoms with E-state index in [4.69, 9.17) is 11.1 Å². The number of carbonyl (C=O) groups excluding carboxylic acids is 1. The minimum Gasteiger partial charge on any atom is -0.507 e. The average molecular weight is 524 g/mol. The Morgan fingerprint density at radius 2 is 1.68 bits per heavy atom. The molecule has 1 aromatic heterocycles. The molecule has 1 heterocycles. The minimum absolute atomic E-state index is 0.0125. The van der Waals surface area contributed by atoms with E-state index in [0.29, 0.717) is 56.8 Å². The Morgan fingerprint density at radius 3 is 2.45 bits per heavy atom. The number of phenolic OH excluding ortho intramolecular Hbond substituents is 2. The number of hydrogen-bond acceptors (Lipinski definition) is 6. The van der Waals surface area contributed by atoms with Crippen molar-refractivity contribution in [2.45, 2.75) is 17.7 Å². The molecule has 8 nitrogen and oxygen atoms in total. The number of benzene rings is 4. The van der Waals surface area contributed by atoms with Crippen molar-refractivity contribution < 1.29 is 15.0 Å². The van der Waals surface area contributed by atoms with E-state index in [-0.39, 0.29) is 23.2 Å². The van der Waals surface area contributed by atoms with Gasteiger partial charge in [0, 0.05) is 28.0 Å². The van der Waals surface area contributed by atoms with Gasteiger partial charge in [0.15, 0.2) is 0 Å². The van der Waals surface area contributed by atoms with Crippen LogP contribution in [0.1, 0.15) is 17.5 Å². The van der Waals surface area contributed by atoms with E-state index in [2.05, 4.69) is 14.7 Å². The van der Waals surface area contributed by atoms with Crippen molar-refractivity contribution in [1.29, 1.82) is 5.41 Å². The van der Waals surface area contributed by atoms with Crippen LogP contribution in [0.2, 0.25) is 0 Å². The fourth-order valence-corrected chi connectivity index (χ4v) is 4.81. The number of para-hydroxylation sites is 1. The molecule has 0 aliphatic heterocycles. The van der Waals surface area contributed by atoms with Gasteiger partial charge in [-0.3, -0.25) is 14.9 Å². The lowest BCUT2D eigenvalue weighted by molar-refractivity contribution is -0.119. The molecule has 0 fully saturated rings. The van der Waals surface area contributed by atoms with Crippen LogP contribution in [0.25, 0.3) is 33.5 Å². The molecule has 0 saturated carbocycles. The summed E-state index contributed by atoms with van der Waals surface area (Å²) in [6.07, 6.45) is 0.953. The quantitative estimate of drug-likeness (QED) is 0.0918. The van der Waals surface area contributed by atoms with Crippen molar-refractivity contribution in [1.82, 2.24) is 14.7 Å². The zero-order chi connectivity index (χ0) is 26.6. The molecule has 7 N–H and O–H groups in total. The van der Waals surface area contributed by atoms with Gasteiger partial charge in [-0.2, -0.15) is 0 Å². The normalized spacial score (nSPS) is 10.9. The molecule has 0 atom stereocenters. The maximum atomic E-state index is 12.6. The second-order valence-corrected chi connectivity index (χ2v) is 9.61. The van der Waals surface area contributed by atoms with Crippen LogP contribution in [0.5, 0.6) is 11.5 Å². The largest absolute Gasteiger partial charge is 0.507 e. The molecule has 0 bridgehead atoms. The van der Waals surface area contributed by atoms with Crippen molar-refractivity contribution in [3.63, 3.8) is 0 Å². The number of imidazole rings is 1. The maximum Gasteiger partial charge on any atom is 0.230 e. The summed E-state index contributed by atoms with van der Waals surface area (Å²) in [6, 6.07) is 25.2.